The number of nitrogens with one attached hydrogen (secondary N) is 1. The number of ether oxygens (including phenoxy) is 1. The van der Waals surface area contributed by atoms with Gasteiger partial charge in [0.15, 0.2) is 12.4 Å². The first kappa shape index (κ1) is 18.4. The number of benzene rings is 2. The van der Waals surface area contributed by atoms with Crippen molar-refractivity contribution >= 4 is 11.7 Å². The normalized spacial score (nSPS) is 10.4. The summed E-state index contributed by atoms with van der Waals surface area (Å²) in [6, 6.07) is 14.7. The lowest BCUT2D eigenvalue weighted by molar-refractivity contribution is -0.123. The van der Waals surface area contributed by atoms with Crippen molar-refractivity contribution in [2.45, 2.75) is 20.0 Å². The molecular formula is C21H21N3O3. The topological polar surface area (TPSA) is 73.2 Å². The second kappa shape index (κ2) is 8.80. The van der Waals surface area contributed by atoms with E-state index < -0.39 is 0 Å². The third kappa shape index (κ3) is 5.28. The van der Waals surface area contributed by atoms with Crippen LogP contribution in [-0.2, 0) is 17.9 Å². The zero-order valence-electron chi connectivity index (χ0n) is 15.1. The predicted octanol–water partition coefficient (Wildman–Crippen LogP) is 2.83. The fraction of sp³-hybridized carbons (Fsp3) is 0.190. The summed E-state index contributed by atoms with van der Waals surface area (Å²) >= 11 is 0. The molecule has 0 unspecified atom stereocenters. The van der Waals surface area contributed by atoms with Crippen molar-refractivity contribution in [2.24, 2.45) is 0 Å². The monoisotopic (exact) mass is 363 g/mol. The van der Waals surface area contributed by atoms with E-state index in [0.717, 1.165) is 11.1 Å². The molecule has 0 aliphatic carbocycles. The highest BCUT2D eigenvalue weighted by molar-refractivity contribution is 5.94. The van der Waals surface area contributed by atoms with Crippen LogP contribution in [-0.4, -0.2) is 27.8 Å². The first-order chi connectivity index (χ1) is 13.1. The lowest BCUT2D eigenvalue weighted by atomic mass is 10.1. The molecule has 0 radical (unpaired) electrons. The molecule has 3 rings (SSSR count). The fourth-order valence-corrected chi connectivity index (χ4v) is 2.66. The number of imidazole rings is 1. The lowest BCUT2D eigenvalue weighted by Crippen LogP contribution is -2.28. The summed E-state index contributed by atoms with van der Waals surface area (Å²) in [4.78, 5) is 27.6. The minimum Gasteiger partial charge on any atom is -0.484 e. The van der Waals surface area contributed by atoms with Gasteiger partial charge < -0.3 is 14.6 Å². The molecule has 27 heavy (non-hydrogen) atoms. The van der Waals surface area contributed by atoms with E-state index in [4.69, 9.17) is 4.74 Å². The van der Waals surface area contributed by atoms with Crippen LogP contribution in [0.25, 0.3) is 0 Å². The summed E-state index contributed by atoms with van der Waals surface area (Å²) in [6.45, 7) is 2.50. The Morgan fingerprint density at radius 1 is 1.11 bits per heavy atom. The summed E-state index contributed by atoms with van der Waals surface area (Å²) in [5.74, 6) is 0.235. The van der Waals surface area contributed by atoms with Gasteiger partial charge in [0.1, 0.15) is 5.75 Å². The van der Waals surface area contributed by atoms with Crippen LogP contribution in [0.15, 0.2) is 67.3 Å². The molecule has 1 amide bonds. The van der Waals surface area contributed by atoms with Crippen LogP contribution >= 0.6 is 0 Å². The Morgan fingerprint density at radius 3 is 2.67 bits per heavy atom. The molecule has 6 nitrogen and oxygen atoms in total. The highest BCUT2D eigenvalue weighted by Crippen LogP contribution is 2.14. The van der Waals surface area contributed by atoms with Crippen molar-refractivity contribution in [1.82, 2.24) is 14.9 Å². The van der Waals surface area contributed by atoms with Gasteiger partial charge in [-0.25, -0.2) is 4.98 Å². The van der Waals surface area contributed by atoms with Gasteiger partial charge in [-0.05, 0) is 30.2 Å². The number of nitrogens with zero attached hydrogens (tertiary/aromatic N) is 2. The Kier molecular flexibility index (Phi) is 5.99. The molecule has 0 saturated carbocycles. The number of aromatic nitrogens is 2. The van der Waals surface area contributed by atoms with Crippen LogP contribution in [0.2, 0.25) is 0 Å². The average molecular weight is 363 g/mol. The molecule has 138 valence electrons. The molecular weight excluding hydrogens is 342 g/mol. The minimum absolute atomic E-state index is 0.0422. The van der Waals surface area contributed by atoms with E-state index in [1.807, 2.05) is 35.0 Å². The second-order valence-electron chi connectivity index (χ2n) is 6.15. The van der Waals surface area contributed by atoms with Crippen LogP contribution in [0.3, 0.4) is 0 Å². The molecule has 0 fully saturated rings. The number of carbonyl (C=O) groups is 2. The largest absolute Gasteiger partial charge is 0.484 e. The standard InChI is InChI=1S/C21H21N3O3/c1-16(25)17-7-4-8-20(11-17)27-14-21(26)23-12-18-5-2-3-6-19(18)13-24-10-9-22-15-24/h2-11,15H,12-14H2,1H3,(H,23,26). The molecule has 0 aliphatic rings. The van der Waals surface area contributed by atoms with Gasteiger partial charge in [-0.2, -0.15) is 0 Å². The number of Topliss-reactive ketones (excluding diaryl/α,β-unsaturated/α-hetero) is 1. The van der Waals surface area contributed by atoms with Gasteiger partial charge in [0.2, 0.25) is 0 Å². The number of hydrogen-bond donors (Lipinski definition) is 1. The number of carbonyl (C=O) groups excluding carboxylic acids is 2. The summed E-state index contributed by atoms with van der Waals surface area (Å²) in [6.07, 6.45) is 5.40. The Balaban J connectivity index is 1.54. The summed E-state index contributed by atoms with van der Waals surface area (Å²) in [7, 11) is 0. The summed E-state index contributed by atoms with van der Waals surface area (Å²) < 4.78 is 7.46. The molecule has 0 saturated heterocycles. The van der Waals surface area contributed by atoms with E-state index in [2.05, 4.69) is 10.3 Å². The van der Waals surface area contributed by atoms with E-state index in [9.17, 15) is 9.59 Å². The van der Waals surface area contributed by atoms with Gasteiger partial charge >= 0.3 is 0 Å². The van der Waals surface area contributed by atoms with Crippen LogP contribution < -0.4 is 10.1 Å². The molecule has 6 heteroatoms. The van der Waals surface area contributed by atoms with Crippen molar-refractivity contribution in [2.75, 3.05) is 6.61 Å². The number of rotatable bonds is 8. The van der Waals surface area contributed by atoms with Crippen LogP contribution in [0.1, 0.15) is 28.4 Å². The first-order valence-electron chi connectivity index (χ1n) is 8.65. The van der Waals surface area contributed by atoms with E-state index in [1.54, 1.807) is 36.8 Å². The Hall–Kier alpha value is -3.41. The van der Waals surface area contributed by atoms with E-state index in [0.29, 0.717) is 24.4 Å². The maximum Gasteiger partial charge on any atom is 0.258 e. The van der Waals surface area contributed by atoms with Crippen molar-refractivity contribution < 1.29 is 14.3 Å². The van der Waals surface area contributed by atoms with Crippen molar-refractivity contribution in [1.29, 1.82) is 0 Å². The minimum atomic E-state index is -0.222. The summed E-state index contributed by atoms with van der Waals surface area (Å²) in [5.41, 5.74) is 2.71. The van der Waals surface area contributed by atoms with Gasteiger partial charge in [0, 0.05) is 31.0 Å². The Bertz CT molecular complexity index is 920. The van der Waals surface area contributed by atoms with Crippen LogP contribution in [0.5, 0.6) is 5.75 Å². The zero-order valence-corrected chi connectivity index (χ0v) is 15.1. The fourth-order valence-electron chi connectivity index (χ4n) is 2.66. The van der Waals surface area contributed by atoms with Gasteiger partial charge in [0.25, 0.3) is 5.91 Å². The Labute approximate surface area is 157 Å². The molecule has 1 aromatic heterocycles. The second-order valence-corrected chi connectivity index (χ2v) is 6.15. The smallest absolute Gasteiger partial charge is 0.258 e. The first-order valence-corrected chi connectivity index (χ1v) is 8.65. The third-order valence-electron chi connectivity index (χ3n) is 4.12. The van der Waals surface area contributed by atoms with E-state index in [1.165, 1.54) is 6.92 Å². The number of amides is 1. The van der Waals surface area contributed by atoms with Gasteiger partial charge in [-0.3, -0.25) is 9.59 Å². The van der Waals surface area contributed by atoms with Crippen LogP contribution in [0.4, 0.5) is 0 Å². The van der Waals surface area contributed by atoms with Gasteiger partial charge in [-0.15, -0.1) is 0 Å². The SMILES string of the molecule is CC(=O)c1cccc(OCC(=O)NCc2ccccc2Cn2ccnc2)c1. The van der Waals surface area contributed by atoms with E-state index >= 15 is 0 Å². The molecule has 3 aromatic rings. The number of ketones is 1. The molecule has 2 aromatic carbocycles. The number of hydrogen-bond acceptors (Lipinski definition) is 4. The van der Waals surface area contributed by atoms with Gasteiger partial charge in [-0.1, -0.05) is 36.4 Å². The summed E-state index contributed by atoms with van der Waals surface area (Å²) in [5, 5.41) is 2.87. The van der Waals surface area contributed by atoms with Crippen LogP contribution in [0, 0.1) is 0 Å². The molecule has 1 N–H and O–H groups in total. The highest BCUT2D eigenvalue weighted by atomic mass is 16.5. The Morgan fingerprint density at radius 2 is 1.93 bits per heavy atom. The molecule has 0 atom stereocenters. The quantitative estimate of drug-likeness (QED) is 0.625. The maximum absolute atomic E-state index is 12.1. The molecule has 1 heterocycles. The van der Waals surface area contributed by atoms with Crippen molar-refractivity contribution in [3.05, 3.63) is 83.9 Å². The zero-order chi connectivity index (χ0) is 19.1. The predicted molar refractivity (Wildman–Crippen MR) is 102 cm³/mol. The van der Waals surface area contributed by atoms with Gasteiger partial charge in [0.05, 0.1) is 6.33 Å². The van der Waals surface area contributed by atoms with Crippen molar-refractivity contribution in [3.8, 4) is 5.75 Å². The highest BCUT2D eigenvalue weighted by Gasteiger charge is 2.07. The maximum atomic E-state index is 12.1. The third-order valence-corrected chi connectivity index (χ3v) is 4.12. The molecule has 0 spiro atoms. The lowest BCUT2D eigenvalue weighted by Gasteiger charge is -2.12. The van der Waals surface area contributed by atoms with E-state index in [-0.39, 0.29) is 18.3 Å². The van der Waals surface area contributed by atoms with Crippen molar-refractivity contribution in [3.63, 3.8) is 0 Å². The molecule has 0 bridgehead atoms. The molecule has 0 aliphatic heterocycles. The average Bonchev–Trinajstić information content (AvgIpc) is 3.19.